The van der Waals surface area contributed by atoms with Gasteiger partial charge in [-0.2, -0.15) is 5.26 Å². The Balaban J connectivity index is 1.82. The average Bonchev–Trinajstić information content (AvgIpc) is 2.76. The fraction of sp³-hybridized carbons (Fsp3) is 0.0833. The molecule has 0 N–H and O–H groups in total. The molecule has 3 nitrogen and oxygen atoms in total. The van der Waals surface area contributed by atoms with Crippen LogP contribution >= 0.6 is 23.4 Å². The summed E-state index contributed by atoms with van der Waals surface area (Å²) in [6.07, 6.45) is 0. The van der Waals surface area contributed by atoms with Crippen LogP contribution in [-0.2, 0) is 0 Å². The highest BCUT2D eigenvalue weighted by Crippen LogP contribution is 2.37. The van der Waals surface area contributed by atoms with Gasteiger partial charge in [-0.05, 0) is 48.5 Å². The van der Waals surface area contributed by atoms with Crippen LogP contribution in [0.3, 0.4) is 0 Å². The Kier molecular flexibility index (Phi) is 5.89. The Morgan fingerprint density at radius 1 is 1.03 bits per heavy atom. The van der Waals surface area contributed by atoms with Gasteiger partial charge in [0.1, 0.15) is 11.7 Å². The Bertz CT molecular complexity index is 1180. The van der Waals surface area contributed by atoms with Gasteiger partial charge in [-0.1, -0.05) is 47.6 Å². The van der Waals surface area contributed by atoms with Gasteiger partial charge in [0.2, 0.25) is 0 Å². The summed E-state index contributed by atoms with van der Waals surface area (Å²) < 4.78 is 13.8. The van der Waals surface area contributed by atoms with Gasteiger partial charge in [-0.25, -0.2) is 9.38 Å². The van der Waals surface area contributed by atoms with Crippen molar-refractivity contribution in [1.82, 2.24) is 4.90 Å². The first-order valence-corrected chi connectivity index (χ1v) is 10.5. The van der Waals surface area contributed by atoms with E-state index in [2.05, 4.69) is 6.07 Å². The Morgan fingerprint density at radius 3 is 2.43 bits per heavy atom. The lowest BCUT2D eigenvalue weighted by molar-refractivity contribution is 0.554. The highest BCUT2D eigenvalue weighted by Gasteiger charge is 2.23. The van der Waals surface area contributed by atoms with Gasteiger partial charge in [0.05, 0.1) is 23.9 Å². The van der Waals surface area contributed by atoms with Crippen LogP contribution in [-0.4, -0.2) is 24.3 Å². The largest absolute Gasteiger partial charge is 0.354 e. The zero-order valence-electron chi connectivity index (χ0n) is 16.1. The molecule has 0 unspecified atom stereocenters. The van der Waals surface area contributed by atoms with E-state index in [-0.39, 0.29) is 5.82 Å². The number of hydrogen-bond acceptors (Lipinski definition) is 4. The van der Waals surface area contributed by atoms with Gasteiger partial charge < -0.3 is 4.90 Å². The highest BCUT2D eigenvalue weighted by molar-refractivity contribution is 8.03. The van der Waals surface area contributed by atoms with Crippen LogP contribution in [0.1, 0.15) is 16.7 Å². The quantitative estimate of drug-likeness (QED) is 0.491. The SMILES string of the molecule is CN1CC(Sc2ccc(Cl)cc2)=C(c2ccc(C#N)cc2)N=C1c1cccc(F)c1. The van der Waals surface area contributed by atoms with E-state index in [9.17, 15) is 4.39 Å². The van der Waals surface area contributed by atoms with Crippen molar-refractivity contribution in [2.45, 2.75) is 4.90 Å². The van der Waals surface area contributed by atoms with Crippen LogP contribution in [0.2, 0.25) is 5.02 Å². The number of aliphatic imine (C=N–C) groups is 1. The minimum absolute atomic E-state index is 0.297. The summed E-state index contributed by atoms with van der Waals surface area (Å²) >= 11 is 7.65. The summed E-state index contributed by atoms with van der Waals surface area (Å²) in [5.74, 6) is 0.406. The summed E-state index contributed by atoms with van der Waals surface area (Å²) in [4.78, 5) is 9.05. The predicted molar refractivity (Wildman–Crippen MR) is 121 cm³/mol. The lowest BCUT2D eigenvalue weighted by Gasteiger charge is -2.29. The molecule has 1 aliphatic heterocycles. The minimum atomic E-state index is -0.297. The fourth-order valence-corrected chi connectivity index (χ4v) is 4.39. The molecule has 30 heavy (non-hydrogen) atoms. The molecule has 0 saturated heterocycles. The van der Waals surface area contributed by atoms with E-state index in [0.29, 0.717) is 23.0 Å². The van der Waals surface area contributed by atoms with Crippen molar-refractivity contribution in [3.8, 4) is 6.07 Å². The molecule has 0 amide bonds. The third kappa shape index (κ3) is 4.40. The fourth-order valence-electron chi connectivity index (χ4n) is 3.18. The van der Waals surface area contributed by atoms with Crippen LogP contribution in [0.5, 0.6) is 0 Å². The summed E-state index contributed by atoms with van der Waals surface area (Å²) in [5.41, 5.74) is 3.04. The molecular weight excluding hydrogens is 417 g/mol. The molecule has 6 heteroatoms. The van der Waals surface area contributed by atoms with E-state index in [1.54, 1.807) is 30.0 Å². The second-order valence-corrected chi connectivity index (χ2v) is 8.42. The van der Waals surface area contributed by atoms with Gasteiger partial charge >= 0.3 is 0 Å². The molecule has 3 aromatic carbocycles. The van der Waals surface area contributed by atoms with Gasteiger partial charge in [0, 0.05) is 33.0 Å². The molecule has 1 aliphatic rings. The number of halogens is 2. The zero-order chi connectivity index (χ0) is 21.1. The van der Waals surface area contributed by atoms with Gasteiger partial charge in [-0.3, -0.25) is 0 Å². The number of nitriles is 1. The summed E-state index contributed by atoms with van der Waals surface area (Å²) in [6, 6.07) is 23.6. The van der Waals surface area contributed by atoms with Crippen molar-refractivity contribution in [3.05, 3.63) is 105 Å². The Labute approximate surface area is 184 Å². The lowest BCUT2D eigenvalue weighted by Crippen LogP contribution is -2.32. The molecule has 1 heterocycles. The maximum absolute atomic E-state index is 13.8. The number of thioether (sulfide) groups is 1. The lowest BCUT2D eigenvalue weighted by atomic mass is 10.1. The molecule has 3 aromatic rings. The first kappa shape index (κ1) is 20.2. The summed E-state index contributed by atoms with van der Waals surface area (Å²) in [7, 11) is 1.95. The van der Waals surface area contributed by atoms with Crippen LogP contribution in [0.15, 0.2) is 87.6 Å². The molecule has 0 bridgehead atoms. The standard InChI is InChI=1S/C24H17ClFN3S/c1-29-15-22(30-21-11-9-19(25)10-12-21)23(17-7-5-16(14-27)6-8-17)28-24(29)18-3-2-4-20(26)13-18/h2-13H,15H2,1H3. The topological polar surface area (TPSA) is 39.4 Å². The van der Waals surface area contributed by atoms with Crippen molar-refractivity contribution >= 4 is 34.9 Å². The second-order valence-electron chi connectivity index (χ2n) is 6.82. The first-order chi connectivity index (χ1) is 14.5. The first-order valence-electron chi connectivity index (χ1n) is 9.26. The van der Waals surface area contributed by atoms with E-state index in [4.69, 9.17) is 21.9 Å². The van der Waals surface area contributed by atoms with Gasteiger partial charge in [0.25, 0.3) is 0 Å². The second kappa shape index (κ2) is 8.74. The van der Waals surface area contributed by atoms with Crippen LogP contribution in [0.25, 0.3) is 5.70 Å². The molecule has 0 aliphatic carbocycles. The maximum Gasteiger partial charge on any atom is 0.136 e. The van der Waals surface area contributed by atoms with E-state index >= 15 is 0 Å². The number of nitrogens with zero attached hydrogens (tertiary/aromatic N) is 3. The van der Waals surface area contributed by atoms with Crippen LogP contribution < -0.4 is 0 Å². The van der Waals surface area contributed by atoms with Crippen LogP contribution in [0, 0.1) is 17.1 Å². The number of rotatable bonds is 4. The Hall–Kier alpha value is -3.07. The van der Waals surface area contributed by atoms with Crippen LogP contribution in [0.4, 0.5) is 4.39 Å². The van der Waals surface area contributed by atoms with Crippen molar-refractivity contribution < 1.29 is 4.39 Å². The molecule has 0 fully saturated rings. The number of hydrogen-bond donors (Lipinski definition) is 0. The summed E-state index contributed by atoms with van der Waals surface area (Å²) in [6.45, 7) is 0.623. The number of likely N-dealkylation sites (N-methyl/N-ethyl adjacent to an activating group) is 1. The monoisotopic (exact) mass is 433 g/mol. The molecule has 0 radical (unpaired) electrons. The third-order valence-corrected chi connectivity index (χ3v) is 5.98. The zero-order valence-corrected chi connectivity index (χ0v) is 17.7. The molecule has 148 valence electrons. The highest BCUT2D eigenvalue weighted by atomic mass is 35.5. The van der Waals surface area contributed by atoms with Gasteiger partial charge in [0.15, 0.2) is 0 Å². The molecule has 0 spiro atoms. The van der Waals surface area contributed by atoms with Gasteiger partial charge in [-0.15, -0.1) is 0 Å². The number of amidine groups is 1. The van der Waals surface area contributed by atoms with Crippen molar-refractivity contribution in [1.29, 1.82) is 5.26 Å². The normalized spacial score (nSPS) is 13.8. The van der Waals surface area contributed by atoms with Crippen molar-refractivity contribution in [2.24, 2.45) is 4.99 Å². The van der Waals surface area contributed by atoms with E-state index in [1.807, 2.05) is 54.4 Å². The van der Waals surface area contributed by atoms with E-state index in [0.717, 1.165) is 26.6 Å². The molecule has 0 saturated carbocycles. The average molecular weight is 434 g/mol. The molecular formula is C24H17ClFN3S. The van der Waals surface area contributed by atoms with E-state index < -0.39 is 0 Å². The van der Waals surface area contributed by atoms with E-state index in [1.165, 1.54) is 12.1 Å². The molecule has 0 atom stereocenters. The predicted octanol–water partition coefficient (Wildman–Crippen LogP) is 6.20. The molecule has 4 rings (SSSR count). The molecule has 0 aromatic heterocycles. The Morgan fingerprint density at radius 2 is 1.77 bits per heavy atom. The smallest absolute Gasteiger partial charge is 0.136 e. The van der Waals surface area contributed by atoms with Crippen molar-refractivity contribution in [2.75, 3.05) is 13.6 Å². The maximum atomic E-state index is 13.8. The number of benzene rings is 3. The van der Waals surface area contributed by atoms with Crippen molar-refractivity contribution in [3.63, 3.8) is 0 Å². The summed E-state index contributed by atoms with van der Waals surface area (Å²) in [5, 5.41) is 9.80. The minimum Gasteiger partial charge on any atom is -0.354 e. The third-order valence-electron chi connectivity index (χ3n) is 4.65.